The van der Waals surface area contributed by atoms with Crippen LogP contribution in [-0.2, 0) is 4.74 Å². The summed E-state index contributed by atoms with van der Waals surface area (Å²) in [7, 11) is 1.52. The van der Waals surface area contributed by atoms with E-state index in [1.165, 1.54) is 7.11 Å². The first kappa shape index (κ1) is 13.8. The van der Waals surface area contributed by atoms with E-state index in [2.05, 4.69) is 5.32 Å². The van der Waals surface area contributed by atoms with Crippen LogP contribution >= 0.6 is 0 Å². The summed E-state index contributed by atoms with van der Waals surface area (Å²) in [5.41, 5.74) is 1.93. The molecular weight excluding hydrogens is 252 g/mol. The number of hydrogen-bond acceptors (Lipinski definition) is 3. The minimum Gasteiger partial charge on any atom is -0.357 e. The van der Waals surface area contributed by atoms with Crippen LogP contribution in [-0.4, -0.2) is 13.0 Å². The first-order valence-electron chi connectivity index (χ1n) is 6.13. The van der Waals surface area contributed by atoms with E-state index < -0.39 is 6.23 Å². The number of ether oxygens (including phenoxy) is 1. The molecule has 0 radical (unpaired) electrons. The highest BCUT2D eigenvalue weighted by Crippen LogP contribution is 2.15. The van der Waals surface area contributed by atoms with Crippen LogP contribution in [0, 0.1) is 11.3 Å². The van der Waals surface area contributed by atoms with Gasteiger partial charge in [0.05, 0.1) is 11.6 Å². The molecule has 1 amide bonds. The zero-order chi connectivity index (χ0) is 14.4. The molecule has 2 aromatic rings. The Morgan fingerprint density at radius 3 is 2.35 bits per heavy atom. The minimum absolute atomic E-state index is 0.207. The number of benzene rings is 2. The number of rotatable bonds is 4. The summed E-state index contributed by atoms with van der Waals surface area (Å²) < 4.78 is 5.29. The van der Waals surface area contributed by atoms with Gasteiger partial charge in [0, 0.05) is 18.2 Å². The highest BCUT2D eigenvalue weighted by molar-refractivity contribution is 5.94. The Kier molecular flexibility index (Phi) is 4.48. The van der Waals surface area contributed by atoms with E-state index in [0.29, 0.717) is 11.1 Å². The van der Waals surface area contributed by atoms with Gasteiger partial charge < -0.3 is 10.1 Å². The molecule has 1 unspecified atom stereocenters. The van der Waals surface area contributed by atoms with Gasteiger partial charge in [0.1, 0.15) is 0 Å². The second kappa shape index (κ2) is 6.50. The fourth-order valence-corrected chi connectivity index (χ4v) is 1.80. The van der Waals surface area contributed by atoms with Gasteiger partial charge in [-0.25, -0.2) is 0 Å². The van der Waals surface area contributed by atoms with Crippen LogP contribution in [0.15, 0.2) is 54.6 Å². The topological polar surface area (TPSA) is 62.1 Å². The van der Waals surface area contributed by atoms with Crippen LogP contribution in [0.4, 0.5) is 0 Å². The van der Waals surface area contributed by atoms with Crippen LogP contribution < -0.4 is 5.32 Å². The maximum atomic E-state index is 12.1. The lowest BCUT2D eigenvalue weighted by atomic mass is 10.1. The van der Waals surface area contributed by atoms with Crippen molar-refractivity contribution in [2.24, 2.45) is 0 Å². The summed E-state index contributed by atoms with van der Waals surface area (Å²) >= 11 is 0. The molecule has 2 aromatic carbocycles. The SMILES string of the molecule is COC(NC(=O)c1ccccc1)c1ccc(C#N)cc1. The average Bonchev–Trinajstić information content (AvgIpc) is 2.53. The van der Waals surface area contributed by atoms with Crippen molar-refractivity contribution in [3.63, 3.8) is 0 Å². The summed E-state index contributed by atoms with van der Waals surface area (Å²) in [5.74, 6) is -0.207. The van der Waals surface area contributed by atoms with Gasteiger partial charge in [-0.05, 0) is 24.3 Å². The van der Waals surface area contributed by atoms with Gasteiger partial charge in [-0.3, -0.25) is 4.79 Å². The summed E-state index contributed by atoms with van der Waals surface area (Å²) in [5, 5.41) is 11.6. The number of carbonyl (C=O) groups excluding carboxylic acids is 1. The van der Waals surface area contributed by atoms with Crippen molar-refractivity contribution in [1.29, 1.82) is 5.26 Å². The number of nitrogens with zero attached hydrogens (tertiary/aromatic N) is 1. The third-order valence-corrected chi connectivity index (χ3v) is 2.88. The fourth-order valence-electron chi connectivity index (χ4n) is 1.80. The lowest BCUT2D eigenvalue weighted by molar-refractivity contribution is 0.0575. The summed E-state index contributed by atoms with van der Waals surface area (Å²) in [4.78, 5) is 12.1. The van der Waals surface area contributed by atoms with E-state index in [1.54, 1.807) is 48.5 Å². The highest BCUT2D eigenvalue weighted by atomic mass is 16.5. The Balaban J connectivity index is 2.12. The van der Waals surface area contributed by atoms with Crippen molar-refractivity contribution in [2.75, 3.05) is 7.11 Å². The molecule has 4 nitrogen and oxygen atoms in total. The first-order chi connectivity index (χ1) is 9.74. The van der Waals surface area contributed by atoms with Gasteiger partial charge in [0.25, 0.3) is 5.91 Å². The summed E-state index contributed by atoms with van der Waals surface area (Å²) in [6.45, 7) is 0. The van der Waals surface area contributed by atoms with Gasteiger partial charge in [0.15, 0.2) is 6.23 Å². The number of hydrogen-bond donors (Lipinski definition) is 1. The molecule has 0 aliphatic carbocycles. The maximum absolute atomic E-state index is 12.1. The Morgan fingerprint density at radius 2 is 1.80 bits per heavy atom. The standard InChI is InChI=1S/C16H14N2O2/c1-20-16(14-9-7-12(11-17)8-10-14)18-15(19)13-5-3-2-4-6-13/h2-10,16H,1H3,(H,18,19). The van der Waals surface area contributed by atoms with Gasteiger partial charge in [-0.2, -0.15) is 5.26 Å². The van der Waals surface area contributed by atoms with E-state index in [1.807, 2.05) is 12.1 Å². The molecule has 2 rings (SSSR count). The number of amides is 1. The molecule has 0 saturated carbocycles. The Bertz CT molecular complexity index is 615. The van der Waals surface area contributed by atoms with Crippen LogP contribution in [0.5, 0.6) is 0 Å². The monoisotopic (exact) mass is 266 g/mol. The molecule has 0 heterocycles. The van der Waals surface area contributed by atoms with Gasteiger partial charge in [-0.1, -0.05) is 30.3 Å². The zero-order valence-electron chi connectivity index (χ0n) is 11.0. The predicted octanol–water partition coefficient (Wildman–Crippen LogP) is 2.63. The van der Waals surface area contributed by atoms with Crippen molar-refractivity contribution in [1.82, 2.24) is 5.32 Å². The third-order valence-electron chi connectivity index (χ3n) is 2.88. The fraction of sp³-hybridized carbons (Fsp3) is 0.125. The lowest BCUT2D eigenvalue weighted by Crippen LogP contribution is -2.29. The van der Waals surface area contributed by atoms with Crippen LogP contribution in [0.3, 0.4) is 0 Å². The second-order valence-electron chi connectivity index (χ2n) is 4.19. The molecule has 0 spiro atoms. The molecular formula is C16H14N2O2. The van der Waals surface area contributed by atoms with Crippen LogP contribution in [0.25, 0.3) is 0 Å². The molecule has 0 aromatic heterocycles. The summed E-state index contributed by atoms with van der Waals surface area (Å²) in [6, 6.07) is 17.9. The Labute approximate surface area is 117 Å². The number of carbonyl (C=O) groups is 1. The van der Waals surface area contributed by atoms with Crippen molar-refractivity contribution in [2.45, 2.75) is 6.23 Å². The molecule has 1 atom stereocenters. The van der Waals surface area contributed by atoms with E-state index in [0.717, 1.165) is 5.56 Å². The lowest BCUT2D eigenvalue weighted by Gasteiger charge is -2.17. The molecule has 0 fully saturated rings. The quantitative estimate of drug-likeness (QED) is 0.865. The van der Waals surface area contributed by atoms with E-state index in [-0.39, 0.29) is 5.91 Å². The molecule has 0 aliphatic heterocycles. The highest BCUT2D eigenvalue weighted by Gasteiger charge is 2.14. The van der Waals surface area contributed by atoms with Crippen LogP contribution in [0.2, 0.25) is 0 Å². The molecule has 100 valence electrons. The first-order valence-corrected chi connectivity index (χ1v) is 6.13. The van der Waals surface area contributed by atoms with E-state index in [4.69, 9.17) is 10.00 Å². The van der Waals surface area contributed by atoms with Crippen molar-refractivity contribution in [3.05, 3.63) is 71.3 Å². The smallest absolute Gasteiger partial charge is 0.253 e. The number of methoxy groups -OCH3 is 1. The van der Waals surface area contributed by atoms with E-state index >= 15 is 0 Å². The molecule has 0 saturated heterocycles. The average molecular weight is 266 g/mol. The van der Waals surface area contributed by atoms with Crippen molar-refractivity contribution < 1.29 is 9.53 Å². The summed E-state index contributed by atoms with van der Waals surface area (Å²) in [6.07, 6.45) is -0.546. The minimum atomic E-state index is -0.546. The van der Waals surface area contributed by atoms with Gasteiger partial charge in [-0.15, -0.1) is 0 Å². The van der Waals surface area contributed by atoms with Gasteiger partial charge in [0.2, 0.25) is 0 Å². The second-order valence-corrected chi connectivity index (χ2v) is 4.19. The number of nitrogens with one attached hydrogen (secondary N) is 1. The maximum Gasteiger partial charge on any atom is 0.253 e. The van der Waals surface area contributed by atoms with Crippen molar-refractivity contribution >= 4 is 5.91 Å². The van der Waals surface area contributed by atoms with Crippen LogP contribution in [0.1, 0.15) is 27.7 Å². The number of nitriles is 1. The molecule has 0 aliphatic rings. The largest absolute Gasteiger partial charge is 0.357 e. The third kappa shape index (κ3) is 3.22. The Morgan fingerprint density at radius 1 is 1.15 bits per heavy atom. The van der Waals surface area contributed by atoms with Crippen molar-refractivity contribution in [3.8, 4) is 6.07 Å². The predicted molar refractivity (Wildman–Crippen MR) is 74.8 cm³/mol. The molecule has 20 heavy (non-hydrogen) atoms. The van der Waals surface area contributed by atoms with Gasteiger partial charge >= 0.3 is 0 Å². The van der Waals surface area contributed by atoms with E-state index in [9.17, 15) is 4.79 Å². The zero-order valence-corrected chi connectivity index (χ0v) is 11.0. The molecule has 4 heteroatoms. The molecule has 1 N–H and O–H groups in total. The Hall–Kier alpha value is -2.64. The molecule has 0 bridgehead atoms. The normalized spacial score (nSPS) is 11.4.